The molecule has 2 N–H and O–H groups in total. The van der Waals surface area contributed by atoms with E-state index in [0.29, 0.717) is 17.4 Å². The number of carboxylic acid groups (broad SMARTS) is 1. The molecule has 1 aliphatic carbocycles. The lowest BCUT2D eigenvalue weighted by Crippen LogP contribution is -2.30. The molecule has 0 spiro atoms. The second-order valence-corrected chi connectivity index (χ2v) is 9.32. The summed E-state index contributed by atoms with van der Waals surface area (Å²) in [6, 6.07) is 11.6. The van der Waals surface area contributed by atoms with Crippen LogP contribution in [0.4, 0.5) is 0 Å². The molecule has 6 heteroatoms. The molecule has 4 rings (SSSR count). The van der Waals surface area contributed by atoms with E-state index in [1.165, 1.54) is 16.5 Å². The van der Waals surface area contributed by atoms with Gasteiger partial charge in [0.05, 0.1) is 23.7 Å². The van der Waals surface area contributed by atoms with Crippen LogP contribution in [0, 0.1) is 6.92 Å². The Kier molecular flexibility index (Phi) is 6.58. The van der Waals surface area contributed by atoms with Gasteiger partial charge in [-0.3, -0.25) is 0 Å². The summed E-state index contributed by atoms with van der Waals surface area (Å²) in [5, 5.41) is 10.8. The van der Waals surface area contributed by atoms with Gasteiger partial charge in [0.25, 0.3) is 0 Å². The molecule has 1 aliphatic rings. The average Bonchev–Trinajstić information content (AvgIpc) is 3.27. The molecule has 1 saturated carbocycles. The first-order valence-corrected chi connectivity index (χ1v) is 11.7. The molecule has 31 heavy (non-hydrogen) atoms. The molecule has 0 bridgehead atoms. The molecule has 3 aromatic rings. The summed E-state index contributed by atoms with van der Waals surface area (Å²) >= 11 is 1.88. The molecular formula is C25H29NO4S. The van der Waals surface area contributed by atoms with Crippen LogP contribution in [0.1, 0.15) is 53.6 Å². The van der Waals surface area contributed by atoms with Crippen LogP contribution in [0.25, 0.3) is 10.9 Å². The fraction of sp³-hybridized carbons (Fsp3) is 0.400. The van der Waals surface area contributed by atoms with Gasteiger partial charge in [-0.05, 0) is 74.4 Å². The smallest absolute Gasteiger partial charge is 0.335 e. The number of aryl methyl sites for hydroxylation is 1. The van der Waals surface area contributed by atoms with Gasteiger partial charge in [-0.25, -0.2) is 4.79 Å². The van der Waals surface area contributed by atoms with Crippen molar-refractivity contribution < 1.29 is 19.4 Å². The van der Waals surface area contributed by atoms with Crippen molar-refractivity contribution in [2.24, 2.45) is 0 Å². The van der Waals surface area contributed by atoms with E-state index >= 15 is 0 Å². The van der Waals surface area contributed by atoms with Crippen molar-refractivity contribution >= 4 is 28.6 Å². The zero-order valence-electron chi connectivity index (χ0n) is 18.2. The van der Waals surface area contributed by atoms with Gasteiger partial charge in [0, 0.05) is 29.0 Å². The molecule has 0 aliphatic heterocycles. The first-order chi connectivity index (χ1) is 15.0. The number of nitrogens with one attached hydrogen (secondary N) is 1. The molecule has 0 radical (unpaired) electrons. The predicted molar refractivity (Wildman–Crippen MR) is 125 cm³/mol. The largest absolute Gasteiger partial charge is 0.496 e. The molecule has 1 aromatic heterocycles. The molecule has 3 atom stereocenters. The Morgan fingerprint density at radius 3 is 2.68 bits per heavy atom. The predicted octanol–water partition coefficient (Wildman–Crippen LogP) is 6.02. The number of aromatic carboxylic acids is 1. The van der Waals surface area contributed by atoms with Crippen molar-refractivity contribution in [3.05, 3.63) is 59.3 Å². The summed E-state index contributed by atoms with van der Waals surface area (Å²) in [5.74, 6) is 0.284. The summed E-state index contributed by atoms with van der Waals surface area (Å²) in [5.41, 5.74) is 3.80. The lowest BCUT2D eigenvalue weighted by molar-refractivity contribution is 0.0321. The van der Waals surface area contributed by atoms with E-state index in [0.717, 1.165) is 35.4 Å². The van der Waals surface area contributed by atoms with E-state index in [-0.39, 0.29) is 12.0 Å². The maximum Gasteiger partial charge on any atom is 0.335 e. The van der Waals surface area contributed by atoms with Crippen molar-refractivity contribution in [1.29, 1.82) is 0 Å². The highest BCUT2D eigenvalue weighted by atomic mass is 32.2. The molecule has 164 valence electrons. The van der Waals surface area contributed by atoms with Crippen molar-refractivity contribution in [3.63, 3.8) is 0 Å². The minimum absolute atomic E-state index is 0.234. The fourth-order valence-electron chi connectivity index (χ4n) is 4.63. The van der Waals surface area contributed by atoms with Crippen molar-refractivity contribution in [1.82, 2.24) is 4.98 Å². The van der Waals surface area contributed by atoms with Gasteiger partial charge in [0.15, 0.2) is 0 Å². The van der Waals surface area contributed by atoms with Crippen LogP contribution in [0.2, 0.25) is 0 Å². The van der Waals surface area contributed by atoms with Gasteiger partial charge in [-0.15, -0.1) is 11.8 Å². The van der Waals surface area contributed by atoms with Gasteiger partial charge < -0.3 is 19.6 Å². The molecule has 1 fully saturated rings. The van der Waals surface area contributed by atoms with Gasteiger partial charge in [0.2, 0.25) is 0 Å². The van der Waals surface area contributed by atoms with Crippen molar-refractivity contribution in [2.75, 3.05) is 13.7 Å². The van der Waals surface area contributed by atoms with Crippen LogP contribution in [0.15, 0.2) is 47.5 Å². The number of hydrogen-bond donors (Lipinski definition) is 2. The first-order valence-electron chi connectivity index (χ1n) is 10.8. The molecule has 0 amide bonds. The van der Waals surface area contributed by atoms with E-state index in [2.05, 4.69) is 24.0 Å². The summed E-state index contributed by atoms with van der Waals surface area (Å²) < 4.78 is 11.7. The Bertz CT molecular complexity index is 1060. The minimum Gasteiger partial charge on any atom is -0.496 e. The summed E-state index contributed by atoms with van der Waals surface area (Å²) in [6.45, 7) is 4.84. The van der Waals surface area contributed by atoms with E-state index in [9.17, 15) is 9.90 Å². The highest BCUT2D eigenvalue weighted by molar-refractivity contribution is 8.00. The monoisotopic (exact) mass is 439 g/mol. The van der Waals surface area contributed by atoms with Crippen LogP contribution >= 0.6 is 11.8 Å². The number of carbonyl (C=O) groups is 1. The van der Waals surface area contributed by atoms with Gasteiger partial charge in [-0.2, -0.15) is 0 Å². The van der Waals surface area contributed by atoms with Crippen LogP contribution in [-0.4, -0.2) is 41.1 Å². The number of carboxylic acids is 1. The second kappa shape index (κ2) is 9.37. The van der Waals surface area contributed by atoms with E-state index in [1.54, 1.807) is 19.2 Å². The molecule has 1 heterocycles. The standard InChI is InChI=1S/C25H29NO4S/c1-4-30-18-9-10-22(20(14-18)16-5-7-17(8-6-16)25(27)28)31-24-19-11-12-26-23(19)15(2)13-21(24)29-3/h5-8,11-13,18,20,22,26H,4,9-10,14H2,1-3H3,(H,27,28)/t18-,20-,22+/m1/s1. The molecule has 0 saturated heterocycles. The Morgan fingerprint density at radius 1 is 1.23 bits per heavy atom. The van der Waals surface area contributed by atoms with Gasteiger partial charge in [-0.1, -0.05) is 12.1 Å². The molecular weight excluding hydrogens is 410 g/mol. The highest BCUT2D eigenvalue weighted by Gasteiger charge is 2.34. The third-order valence-electron chi connectivity index (χ3n) is 6.17. The lowest BCUT2D eigenvalue weighted by atomic mass is 9.81. The summed E-state index contributed by atoms with van der Waals surface area (Å²) in [4.78, 5) is 15.8. The zero-order chi connectivity index (χ0) is 22.0. The Labute approximate surface area is 187 Å². The summed E-state index contributed by atoms with van der Waals surface area (Å²) in [7, 11) is 1.73. The average molecular weight is 440 g/mol. The normalized spacial score (nSPS) is 21.3. The topological polar surface area (TPSA) is 71.5 Å². The Morgan fingerprint density at radius 2 is 2.00 bits per heavy atom. The van der Waals surface area contributed by atoms with Crippen molar-refractivity contribution in [2.45, 2.75) is 55.3 Å². The van der Waals surface area contributed by atoms with Crippen LogP contribution in [0.3, 0.4) is 0 Å². The second-order valence-electron chi connectivity index (χ2n) is 8.07. The maximum atomic E-state index is 11.3. The molecule has 5 nitrogen and oxygen atoms in total. The number of thioether (sulfide) groups is 1. The van der Waals surface area contributed by atoms with Gasteiger partial charge in [0.1, 0.15) is 5.75 Å². The number of benzene rings is 2. The molecule has 2 aromatic carbocycles. The number of methoxy groups -OCH3 is 1. The van der Waals surface area contributed by atoms with Crippen LogP contribution in [-0.2, 0) is 4.74 Å². The SMILES string of the molecule is CCO[C@@H]1CC[C@H](Sc2c(OC)cc(C)c3[nH]ccc23)[C@@H](c2ccc(C(=O)O)cc2)C1. The molecule has 0 unspecified atom stereocenters. The maximum absolute atomic E-state index is 11.3. The Hall–Kier alpha value is -2.44. The highest BCUT2D eigenvalue weighted by Crippen LogP contribution is 2.48. The quantitative estimate of drug-likeness (QED) is 0.471. The van der Waals surface area contributed by atoms with Crippen LogP contribution in [0.5, 0.6) is 5.75 Å². The number of aromatic amines is 1. The third-order valence-corrected chi connectivity index (χ3v) is 7.70. The van der Waals surface area contributed by atoms with Crippen molar-refractivity contribution in [3.8, 4) is 5.75 Å². The zero-order valence-corrected chi connectivity index (χ0v) is 19.0. The summed E-state index contributed by atoms with van der Waals surface area (Å²) in [6.07, 6.45) is 5.21. The third kappa shape index (κ3) is 4.46. The minimum atomic E-state index is -0.896. The van der Waals surface area contributed by atoms with E-state index in [1.807, 2.05) is 37.0 Å². The van der Waals surface area contributed by atoms with E-state index < -0.39 is 5.97 Å². The van der Waals surface area contributed by atoms with Gasteiger partial charge >= 0.3 is 5.97 Å². The fourth-order valence-corrected chi connectivity index (χ4v) is 6.18. The van der Waals surface area contributed by atoms with Crippen LogP contribution < -0.4 is 4.74 Å². The number of H-pyrrole nitrogens is 1. The number of rotatable bonds is 7. The number of ether oxygens (including phenoxy) is 2. The Balaban J connectivity index is 1.69. The lowest BCUT2D eigenvalue weighted by Gasteiger charge is -2.36. The number of fused-ring (bicyclic) bond motifs is 1. The first kappa shape index (κ1) is 21.8. The number of aromatic nitrogens is 1. The van der Waals surface area contributed by atoms with E-state index in [4.69, 9.17) is 9.47 Å². The number of hydrogen-bond acceptors (Lipinski definition) is 4.